The number of thiophene rings is 2. The van der Waals surface area contributed by atoms with Crippen molar-refractivity contribution in [2.24, 2.45) is 0 Å². The molecule has 0 bridgehead atoms. The number of rotatable bonds is 11. The normalized spacial score (nSPS) is 11.6. The number of pyridine rings is 2. The zero-order valence-corrected chi connectivity index (χ0v) is 59.3. The summed E-state index contributed by atoms with van der Waals surface area (Å²) in [6.45, 7) is 0. The van der Waals surface area contributed by atoms with Gasteiger partial charge in [-0.05, 0) is 82.9 Å². The molecule has 0 radical (unpaired) electrons. The first kappa shape index (κ1) is 63.0. The molecule has 0 amide bonds. The van der Waals surface area contributed by atoms with E-state index >= 15 is 0 Å². The number of aromatic nitrogens is 7. The van der Waals surface area contributed by atoms with Crippen LogP contribution < -0.4 is 0 Å². The highest BCUT2D eigenvalue weighted by molar-refractivity contribution is 7.27. The van der Waals surface area contributed by atoms with Crippen LogP contribution in [-0.2, 0) is 0 Å². The summed E-state index contributed by atoms with van der Waals surface area (Å²) >= 11 is 3.65. The van der Waals surface area contributed by atoms with Crippen molar-refractivity contribution < 1.29 is 0 Å². The van der Waals surface area contributed by atoms with Gasteiger partial charge in [0.05, 0.1) is 65.6 Å². The number of hydrogen-bond acceptors (Lipinski definition) is 8. The fraction of sp³-hybridized carbons (Fsp3) is 0. The van der Waals surface area contributed by atoms with Gasteiger partial charge in [0.25, 0.3) is 0 Å². The summed E-state index contributed by atoms with van der Waals surface area (Å²) in [4.78, 5) is 31.0. The summed E-state index contributed by atoms with van der Waals surface area (Å²) < 4.78 is 7.32. The highest BCUT2D eigenvalue weighted by Gasteiger charge is 2.23. The molecule has 0 aliphatic rings. The highest BCUT2D eigenvalue weighted by atomic mass is 32.1. The Balaban J connectivity index is 0.000000146. The second kappa shape index (κ2) is 26.8. The van der Waals surface area contributed by atoms with Gasteiger partial charge in [-0.1, -0.05) is 309 Å². The first-order valence-corrected chi connectivity index (χ1v) is 37.5. The molecule has 14 aromatic carbocycles. The maximum atomic E-state index is 5.34. The van der Waals surface area contributed by atoms with Crippen molar-refractivity contribution in [3.05, 3.63) is 370 Å². The van der Waals surface area contributed by atoms with Gasteiger partial charge < -0.3 is 4.57 Å². The standard InChI is InChI=1S/C55H34N4S.C43H27N3S/c1-3-15-37(16-4-1)53-54-52(44-23-9-12-28-50(44)60-54)51-41(24-14-25-45(51)56-53)35-29-31-36(32-30-35)46-34-47(58-55(57-46)38-17-5-2-6-18-38)39-19-13-20-40(33-39)59-48-26-10-7-21-42(48)43-22-8-11-27-49(43)59;1-4-13-29(14-5-1)36-27-37(46-43(45-36)32-17-8-3-9-18-32)30-25-23-28(24-26-30)33-20-12-21-35-39(33)40-34-19-10-11-22-38(34)47-42(40)41(44-35)31-15-6-2-7-16-31/h1-34H;1-27H. The van der Waals surface area contributed by atoms with Crippen LogP contribution >= 0.6 is 22.7 Å². The van der Waals surface area contributed by atoms with Gasteiger partial charge >= 0.3 is 0 Å². The molecule has 0 saturated heterocycles. The van der Waals surface area contributed by atoms with Gasteiger partial charge in [0.1, 0.15) is 0 Å². The van der Waals surface area contributed by atoms with Crippen molar-refractivity contribution in [1.82, 2.24) is 34.5 Å². The summed E-state index contributed by atoms with van der Waals surface area (Å²) in [6, 6.07) is 130. The average Bonchev–Trinajstić information content (AvgIpc) is 1.63. The zero-order valence-electron chi connectivity index (χ0n) is 57.7. The van der Waals surface area contributed by atoms with Gasteiger partial charge in [0, 0.05) is 103 Å². The Morgan fingerprint density at radius 2 is 0.542 bits per heavy atom. The lowest BCUT2D eigenvalue weighted by Crippen LogP contribution is -1.98. The van der Waals surface area contributed by atoms with E-state index in [1.54, 1.807) is 0 Å². The van der Waals surface area contributed by atoms with Gasteiger partial charge in [0.15, 0.2) is 11.6 Å². The second-order valence-electron chi connectivity index (χ2n) is 26.8. The molecule has 9 heteroatoms. The molecule has 0 aliphatic carbocycles. The third-order valence-electron chi connectivity index (χ3n) is 20.3. The van der Waals surface area contributed by atoms with Crippen LogP contribution in [-0.4, -0.2) is 34.5 Å². The molecule has 21 rings (SSSR count). The van der Waals surface area contributed by atoms with E-state index in [4.69, 9.17) is 29.9 Å². The van der Waals surface area contributed by atoms with Crippen molar-refractivity contribution in [1.29, 1.82) is 0 Å². The molecule has 0 atom stereocenters. The van der Waals surface area contributed by atoms with Crippen LogP contribution in [0.4, 0.5) is 0 Å². The Morgan fingerprint density at radius 3 is 0.972 bits per heavy atom. The third-order valence-corrected chi connectivity index (χ3v) is 22.7. The minimum atomic E-state index is 0.690. The molecule has 0 spiro atoms. The van der Waals surface area contributed by atoms with E-state index in [0.29, 0.717) is 11.6 Å². The van der Waals surface area contributed by atoms with Gasteiger partial charge in [0.2, 0.25) is 0 Å². The van der Waals surface area contributed by atoms with Gasteiger partial charge in [-0.2, -0.15) is 0 Å². The van der Waals surface area contributed by atoms with E-state index in [1.807, 2.05) is 77.3 Å². The molecule has 0 saturated carbocycles. The van der Waals surface area contributed by atoms with Crippen LogP contribution in [0.25, 0.3) is 202 Å². The lowest BCUT2D eigenvalue weighted by molar-refractivity contribution is 1.16. The number of benzene rings is 14. The average molecular weight is 1400 g/mol. The van der Waals surface area contributed by atoms with Crippen LogP contribution in [0.15, 0.2) is 370 Å². The van der Waals surface area contributed by atoms with Crippen molar-refractivity contribution in [2.45, 2.75) is 0 Å². The predicted octanol–water partition coefficient (Wildman–Crippen LogP) is 26.6. The Hall–Kier alpha value is -13.7. The fourth-order valence-corrected chi connectivity index (χ4v) is 17.7. The Bertz CT molecular complexity index is 6850. The number of hydrogen-bond donors (Lipinski definition) is 0. The van der Waals surface area contributed by atoms with Crippen LogP contribution in [0.5, 0.6) is 0 Å². The highest BCUT2D eigenvalue weighted by Crippen LogP contribution is 2.48. The Kier molecular flexibility index (Phi) is 15.8. The second-order valence-corrected chi connectivity index (χ2v) is 28.9. The van der Waals surface area contributed by atoms with Crippen molar-refractivity contribution in [2.75, 3.05) is 0 Å². The lowest BCUT2D eigenvalue weighted by atomic mass is 9.94. The maximum absolute atomic E-state index is 5.34. The van der Waals surface area contributed by atoms with E-state index in [2.05, 4.69) is 320 Å². The molecule has 7 aromatic heterocycles. The number of para-hydroxylation sites is 2. The topological polar surface area (TPSA) is 82.3 Å². The van der Waals surface area contributed by atoms with Crippen LogP contribution in [0, 0.1) is 0 Å². The van der Waals surface area contributed by atoms with E-state index < -0.39 is 0 Å². The summed E-state index contributed by atoms with van der Waals surface area (Å²) in [6.07, 6.45) is 0. The molecule has 0 N–H and O–H groups in total. The summed E-state index contributed by atoms with van der Waals surface area (Å²) in [5, 5.41) is 9.90. The maximum Gasteiger partial charge on any atom is 0.160 e. The Morgan fingerprint density at radius 1 is 0.215 bits per heavy atom. The van der Waals surface area contributed by atoms with Gasteiger partial charge in [-0.3, -0.25) is 0 Å². The largest absolute Gasteiger partial charge is 0.309 e. The number of nitrogens with zero attached hydrogens (tertiary/aromatic N) is 7. The van der Waals surface area contributed by atoms with Crippen molar-refractivity contribution in [3.63, 3.8) is 0 Å². The van der Waals surface area contributed by atoms with E-state index in [9.17, 15) is 0 Å². The smallest absolute Gasteiger partial charge is 0.160 e. The van der Waals surface area contributed by atoms with E-state index in [0.717, 1.165) is 112 Å². The van der Waals surface area contributed by atoms with Crippen molar-refractivity contribution in [3.8, 4) is 118 Å². The molecule has 0 unspecified atom stereocenters. The van der Waals surface area contributed by atoms with E-state index in [1.165, 1.54) is 78.5 Å². The minimum absolute atomic E-state index is 0.690. The summed E-state index contributed by atoms with van der Waals surface area (Å²) in [7, 11) is 0. The SMILES string of the molecule is c1ccc(-c2cc(-c3ccc(-c4cccc5nc(-c6ccccc6)c6sc7ccccc7c6c45)cc3)nc(-c3ccccc3)n2)cc1.c1ccc(-c2nc(-c3ccc(-c4cccc5nc(-c6ccccc6)c6sc7ccccc7c6c45)cc3)cc(-c3cccc(-n4c5ccccc5c5ccccc54)c3)n2)cc1. The molecule has 500 valence electrons. The summed E-state index contributed by atoms with van der Waals surface area (Å²) in [5.74, 6) is 1.41. The van der Waals surface area contributed by atoms with Crippen LogP contribution in [0.1, 0.15) is 0 Å². The first-order valence-electron chi connectivity index (χ1n) is 35.9. The zero-order chi connectivity index (χ0) is 70.7. The fourth-order valence-electron chi connectivity index (χ4n) is 15.3. The Labute approximate surface area is 625 Å². The minimum Gasteiger partial charge on any atom is -0.309 e. The molecular weight excluding hydrogens is 1340 g/mol. The first-order chi connectivity index (χ1) is 53.0. The van der Waals surface area contributed by atoms with Crippen LogP contribution in [0.2, 0.25) is 0 Å². The lowest BCUT2D eigenvalue weighted by Gasteiger charge is -2.13. The van der Waals surface area contributed by atoms with E-state index in [-0.39, 0.29) is 0 Å². The van der Waals surface area contributed by atoms with Gasteiger partial charge in [-0.25, -0.2) is 29.9 Å². The molecule has 107 heavy (non-hydrogen) atoms. The molecule has 7 heterocycles. The quantitative estimate of drug-likeness (QED) is 0.128. The molecule has 0 fully saturated rings. The van der Waals surface area contributed by atoms with Crippen LogP contribution in [0.3, 0.4) is 0 Å². The molecule has 0 aliphatic heterocycles. The third kappa shape index (κ3) is 11.5. The predicted molar refractivity (Wildman–Crippen MR) is 449 cm³/mol. The number of fused-ring (bicyclic) bond motifs is 13. The molecule has 7 nitrogen and oxygen atoms in total. The monoisotopic (exact) mass is 1400 g/mol. The van der Waals surface area contributed by atoms with Crippen molar-refractivity contribution >= 4 is 107 Å². The molecule has 21 aromatic rings. The molecular formula is C98H61N7S2. The van der Waals surface area contributed by atoms with Gasteiger partial charge in [-0.15, -0.1) is 22.7 Å². The summed E-state index contributed by atoms with van der Waals surface area (Å²) in [5.41, 5.74) is 24.0.